The van der Waals surface area contributed by atoms with Crippen LogP contribution in [0.2, 0.25) is 0 Å². The van der Waals surface area contributed by atoms with E-state index in [4.69, 9.17) is 23.7 Å². The molecule has 3 aromatic rings. The van der Waals surface area contributed by atoms with Gasteiger partial charge < -0.3 is 69.7 Å². The molecule has 21 heteroatoms. The number of esters is 3. The molecule has 8 N–H and O–H groups in total. The Hall–Kier alpha value is -5.65. The van der Waals surface area contributed by atoms with Gasteiger partial charge in [-0.2, -0.15) is 0 Å². The van der Waals surface area contributed by atoms with Crippen LogP contribution in [0.15, 0.2) is 48.6 Å². The average molecular weight is 1130 g/mol. The monoisotopic (exact) mass is 1130 g/mol. The number of methoxy groups -OCH3 is 2. The number of benzene rings is 2. The van der Waals surface area contributed by atoms with E-state index < -0.39 is 100 Å². The van der Waals surface area contributed by atoms with Crippen molar-refractivity contribution in [3.63, 3.8) is 0 Å². The molecular formula is C60H84N6O15. The summed E-state index contributed by atoms with van der Waals surface area (Å²) in [5.41, 5.74) is -2.37. The maximum Gasteiger partial charge on any atom is 0.328 e. The van der Waals surface area contributed by atoms with Crippen molar-refractivity contribution < 1.29 is 73.2 Å². The van der Waals surface area contributed by atoms with Crippen LogP contribution in [0.1, 0.15) is 114 Å². The third-order valence-corrected chi connectivity index (χ3v) is 19.0. The van der Waals surface area contributed by atoms with Crippen LogP contribution in [-0.4, -0.2) is 198 Å². The first-order chi connectivity index (χ1) is 38.7. The SMILES string of the molecule is CCC(CO)OC(O)COC(=O)CCCC(=O)N[C@H](C)C(=O)OCCCNC(=O)[C@]1(O)C2N(C)c3cc(OC)c([C@@]4(C(=O)OC)C[C@@H]5C[N@](CCc6c4[nH]c4ccccc64)CC(O)(CC)C5)cc3[C@@]23CCN2CC=C[C@](CC)(C23)[C@H]1O. The van der Waals surface area contributed by atoms with E-state index in [1.54, 1.807) is 14.0 Å². The highest BCUT2D eigenvalue weighted by molar-refractivity contribution is 5.95. The van der Waals surface area contributed by atoms with E-state index in [2.05, 4.69) is 37.6 Å². The first-order valence-electron chi connectivity index (χ1n) is 29.0. The summed E-state index contributed by atoms with van der Waals surface area (Å²) in [7, 11) is 4.81. The molecule has 21 nitrogen and oxygen atoms in total. The summed E-state index contributed by atoms with van der Waals surface area (Å²) in [5, 5.41) is 64.2. The number of fused-ring (bicyclic) bond motifs is 6. The number of likely N-dealkylation sites (N-methyl/N-ethyl adjacent to an activating group) is 1. The van der Waals surface area contributed by atoms with Gasteiger partial charge in [0.25, 0.3) is 5.91 Å². The summed E-state index contributed by atoms with van der Waals surface area (Å²) >= 11 is 0. The van der Waals surface area contributed by atoms with Crippen molar-refractivity contribution in [1.82, 2.24) is 25.4 Å². The quantitative estimate of drug-likeness (QED) is 0.0236. The van der Waals surface area contributed by atoms with Gasteiger partial charge in [0.1, 0.15) is 29.9 Å². The highest BCUT2D eigenvalue weighted by Gasteiger charge is 2.78. The Labute approximate surface area is 473 Å². The Kier molecular flexibility index (Phi) is 17.7. The largest absolute Gasteiger partial charge is 0.496 e. The lowest BCUT2D eigenvalue weighted by Crippen LogP contribution is -2.81. The number of rotatable bonds is 22. The fourth-order valence-electron chi connectivity index (χ4n) is 15.3. The Morgan fingerprint density at radius 1 is 0.951 bits per heavy atom. The number of para-hydroxylation sites is 1. The molecule has 9 rings (SSSR count). The number of H-pyrrole nitrogens is 1. The molecule has 2 saturated heterocycles. The van der Waals surface area contributed by atoms with Crippen molar-refractivity contribution >= 4 is 46.3 Å². The number of ether oxygens (including phenoxy) is 5. The van der Waals surface area contributed by atoms with Crippen LogP contribution in [0, 0.1) is 11.3 Å². The molecule has 5 aliphatic heterocycles. The predicted octanol–water partition coefficient (Wildman–Crippen LogP) is 2.62. The van der Waals surface area contributed by atoms with Gasteiger partial charge in [-0.15, -0.1) is 0 Å². The number of anilines is 1. The Morgan fingerprint density at radius 2 is 1.73 bits per heavy atom. The highest BCUT2D eigenvalue weighted by Crippen LogP contribution is 2.67. The van der Waals surface area contributed by atoms with Gasteiger partial charge in [-0.3, -0.25) is 29.0 Å². The fourth-order valence-corrected chi connectivity index (χ4v) is 15.3. The van der Waals surface area contributed by atoms with Gasteiger partial charge in [-0.25, -0.2) is 4.79 Å². The molecule has 1 spiro atoms. The van der Waals surface area contributed by atoms with Crippen LogP contribution in [0.3, 0.4) is 0 Å². The van der Waals surface area contributed by atoms with Crippen molar-refractivity contribution in [2.24, 2.45) is 11.3 Å². The molecule has 0 radical (unpaired) electrons. The first kappa shape index (κ1) is 60.0. The lowest BCUT2D eigenvalue weighted by Gasteiger charge is -2.63. The fraction of sp³-hybridized carbons (Fsp3) is 0.650. The molecule has 81 heavy (non-hydrogen) atoms. The maximum atomic E-state index is 15.5. The second-order valence-electron chi connectivity index (χ2n) is 23.5. The third-order valence-electron chi connectivity index (χ3n) is 19.0. The maximum absolute atomic E-state index is 15.5. The van der Waals surface area contributed by atoms with Gasteiger partial charge in [-0.05, 0) is 100 Å². The molecule has 2 aromatic carbocycles. The summed E-state index contributed by atoms with van der Waals surface area (Å²) < 4.78 is 28.1. The summed E-state index contributed by atoms with van der Waals surface area (Å²) in [5.74, 6) is -2.90. The van der Waals surface area contributed by atoms with Gasteiger partial charge in [0.05, 0.1) is 45.2 Å². The molecule has 6 heterocycles. The second kappa shape index (κ2) is 23.9. The summed E-state index contributed by atoms with van der Waals surface area (Å²) in [4.78, 5) is 78.8. The van der Waals surface area contributed by atoms with Gasteiger partial charge in [0, 0.05) is 103 Å². The highest BCUT2D eigenvalue weighted by atomic mass is 16.6. The number of carbonyl (C=O) groups is 5. The van der Waals surface area contributed by atoms with Crippen molar-refractivity contribution in [2.75, 3.05) is 85.3 Å². The molecule has 444 valence electrons. The van der Waals surface area contributed by atoms with Gasteiger partial charge in [0.15, 0.2) is 11.9 Å². The molecular weight excluding hydrogens is 1040 g/mol. The molecule has 1 saturated carbocycles. The zero-order valence-electron chi connectivity index (χ0n) is 48.0. The number of aliphatic hydroxyl groups excluding tert-OH is 3. The van der Waals surface area contributed by atoms with Crippen LogP contribution in [0.4, 0.5) is 5.69 Å². The number of aliphatic hydroxyl groups is 5. The van der Waals surface area contributed by atoms with Crippen LogP contribution >= 0.6 is 0 Å². The minimum atomic E-state index is -2.43. The van der Waals surface area contributed by atoms with Gasteiger partial charge in [-0.1, -0.05) is 51.1 Å². The van der Waals surface area contributed by atoms with Crippen molar-refractivity contribution in [2.45, 2.75) is 157 Å². The van der Waals surface area contributed by atoms with Crippen molar-refractivity contribution in [3.8, 4) is 5.75 Å². The standard InChI is InChI=1S/C60H84N6O15/c1-8-38(33-67)81-48(70)34-80-47(69)19-13-18-46(68)62-36(4)50(71)79-27-15-23-61-54(73)60(76)52-58(22-26-66-24-14-21-57(10-3,51(58)66)53(60)72)41-28-42(45(77-6)29-44(41)64(52)5)59(55(74)78-7)31-37-30-56(75,9-2)35-65(32-37)25-20-40-39-16-11-12-17-43(39)63-49(40)59/h11-12,14,16-17,21,28-29,36-38,48,51-53,63,67,70,72,75-76H,8-10,13,15,18-20,22-27,30-35H2,1-7H3,(H,61,73)(H,62,68)/t36-,37-,38?,48?,51?,52?,53-,56?,57-,58-,59+,60+/m1/s1. The van der Waals surface area contributed by atoms with E-state index in [9.17, 15) is 39.9 Å². The summed E-state index contributed by atoms with van der Waals surface area (Å²) in [6.45, 7) is 9.34. The Morgan fingerprint density at radius 3 is 2.44 bits per heavy atom. The number of hydrogen-bond donors (Lipinski definition) is 8. The van der Waals surface area contributed by atoms with Crippen LogP contribution < -0.4 is 20.3 Å². The number of nitrogens with one attached hydrogen (secondary N) is 3. The minimum Gasteiger partial charge on any atom is -0.496 e. The number of nitrogens with zero attached hydrogens (tertiary/aromatic N) is 3. The third kappa shape index (κ3) is 10.4. The topological polar surface area (TPSA) is 282 Å². The predicted molar refractivity (Wildman–Crippen MR) is 298 cm³/mol. The number of amides is 2. The zero-order chi connectivity index (χ0) is 58.2. The molecule has 2 amide bonds. The molecule has 3 fully saturated rings. The van der Waals surface area contributed by atoms with Crippen LogP contribution in [-0.2, 0) is 60.2 Å². The summed E-state index contributed by atoms with van der Waals surface area (Å²) in [6.07, 6.45) is 3.67. The number of aromatic amines is 1. The van der Waals surface area contributed by atoms with E-state index in [1.165, 1.54) is 14.0 Å². The van der Waals surface area contributed by atoms with E-state index in [-0.39, 0.29) is 57.8 Å². The first-order valence-corrected chi connectivity index (χ1v) is 29.0. The van der Waals surface area contributed by atoms with E-state index in [1.807, 2.05) is 62.2 Å². The number of aromatic nitrogens is 1. The summed E-state index contributed by atoms with van der Waals surface area (Å²) in [6, 6.07) is 9.59. The molecule has 1 aliphatic carbocycles. The number of hydrogen-bond acceptors (Lipinski definition) is 18. The molecule has 1 aromatic heterocycles. The molecule has 2 bridgehead atoms. The second-order valence-corrected chi connectivity index (χ2v) is 23.5. The van der Waals surface area contributed by atoms with E-state index in [0.29, 0.717) is 93.9 Å². The minimum absolute atomic E-state index is 0.0408. The molecule has 5 unspecified atom stereocenters. The Bertz CT molecular complexity index is 2860. The Balaban J connectivity index is 0.971. The normalized spacial score (nSPS) is 31.2. The number of piperidine rings is 1. The van der Waals surface area contributed by atoms with E-state index in [0.717, 1.165) is 22.0 Å². The van der Waals surface area contributed by atoms with Crippen LogP contribution in [0.5, 0.6) is 5.75 Å². The smallest absolute Gasteiger partial charge is 0.328 e. The molecule has 6 aliphatic rings. The molecule has 13 atom stereocenters. The van der Waals surface area contributed by atoms with Crippen molar-refractivity contribution in [1.29, 1.82) is 0 Å². The van der Waals surface area contributed by atoms with E-state index >= 15 is 9.59 Å². The average Bonchev–Trinajstić information content (AvgIpc) is 2.09. The lowest BCUT2D eigenvalue weighted by molar-refractivity contribution is -0.203. The lowest BCUT2D eigenvalue weighted by atomic mass is 9.47. The van der Waals surface area contributed by atoms with Gasteiger partial charge in [0.2, 0.25) is 5.91 Å². The van der Waals surface area contributed by atoms with Gasteiger partial charge >= 0.3 is 17.9 Å². The van der Waals surface area contributed by atoms with Crippen LogP contribution in [0.25, 0.3) is 10.9 Å². The number of carbonyl (C=O) groups excluding carboxylic acids is 5. The van der Waals surface area contributed by atoms with Crippen molar-refractivity contribution in [3.05, 3.63) is 70.9 Å². The zero-order valence-corrected chi connectivity index (χ0v) is 48.0.